The number of rotatable bonds is 5. The van der Waals surface area contributed by atoms with Crippen LogP contribution in [0.1, 0.15) is 48.4 Å². The van der Waals surface area contributed by atoms with Gasteiger partial charge in [-0.2, -0.15) is 13.2 Å². The van der Waals surface area contributed by atoms with Crippen molar-refractivity contribution in [2.75, 3.05) is 19.6 Å². The number of unbranched alkanes of at least 4 members (excludes halogenated alkanes) is 1. The van der Waals surface area contributed by atoms with Crippen molar-refractivity contribution in [3.8, 4) is 0 Å². The first-order chi connectivity index (χ1) is 16.1. The van der Waals surface area contributed by atoms with E-state index in [4.69, 9.17) is 27.9 Å². The van der Waals surface area contributed by atoms with Gasteiger partial charge in [0, 0.05) is 19.5 Å². The molecule has 3 nitrogen and oxygen atoms in total. The Balaban J connectivity index is 1.40. The van der Waals surface area contributed by atoms with Gasteiger partial charge in [0.25, 0.3) is 0 Å². The molecule has 5 rings (SSSR count). The summed E-state index contributed by atoms with van der Waals surface area (Å²) < 4.78 is 64.9. The van der Waals surface area contributed by atoms with Crippen molar-refractivity contribution in [2.24, 2.45) is 4.40 Å². The minimum atomic E-state index is -4.66. The Morgan fingerprint density at radius 3 is 2.50 bits per heavy atom. The predicted octanol–water partition coefficient (Wildman–Crippen LogP) is 7.27. The van der Waals surface area contributed by atoms with Crippen LogP contribution in [0.3, 0.4) is 0 Å². The molecule has 0 N–H and O–H groups in total. The molecule has 3 heterocycles. The molecular formula is C24H22Cl2F4N2OS. The number of benzene rings is 2. The molecule has 1 atom stereocenters. The Labute approximate surface area is 209 Å². The van der Waals surface area contributed by atoms with Gasteiger partial charge in [-0.1, -0.05) is 48.7 Å². The van der Waals surface area contributed by atoms with E-state index in [1.54, 1.807) is 0 Å². The van der Waals surface area contributed by atoms with Crippen LogP contribution in [-0.2, 0) is 21.7 Å². The standard InChI is InChI=1S/C24H22Cl2F4N2OS/c1-2-3-6-32-12-22(13-32)17-5-4-14(7-15(17)11-33-22)20-10-23(34-31-20,24(28,29)30)16-8-18(25)21(27)19(26)9-16/h4-5,7-9H,2-3,6,10-13H2,1H3/t23-/m0/s1. The fraction of sp³-hybridized carbons (Fsp3) is 0.458. The quantitative estimate of drug-likeness (QED) is 0.230. The van der Waals surface area contributed by atoms with Gasteiger partial charge in [0.05, 0.1) is 22.4 Å². The highest BCUT2D eigenvalue weighted by Gasteiger charge is 2.60. The Bertz CT molecular complexity index is 1140. The monoisotopic (exact) mass is 532 g/mol. The highest BCUT2D eigenvalue weighted by molar-refractivity contribution is 7.99. The molecule has 182 valence electrons. The molecule has 0 amide bonds. The number of hydrogen-bond acceptors (Lipinski definition) is 4. The largest absolute Gasteiger partial charge is 0.409 e. The zero-order chi connectivity index (χ0) is 24.3. The summed E-state index contributed by atoms with van der Waals surface area (Å²) in [6.45, 7) is 5.30. The number of halogens is 6. The Hall–Kier alpha value is -1.32. The van der Waals surface area contributed by atoms with Crippen molar-refractivity contribution in [2.45, 2.75) is 49.3 Å². The third kappa shape index (κ3) is 3.86. The summed E-state index contributed by atoms with van der Waals surface area (Å²) in [5, 5.41) is -0.901. The molecule has 0 aromatic heterocycles. The van der Waals surface area contributed by atoms with Crippen LogP contribution < -0.4 is 0 Å². The zero-order valence-corrected chi connectivity index (χ0v) is 20.6. The van der Waals surface area contributed by atoms with E-state index in [0.29, 0.717) is 29.8 Å². The second-order valence-corrected chi connectivity index (χ2v) is 11.0. The van der Waals surface area contributed by atoms with Crippen LogP contribution in [0.2, 0.25) is 10.0 Å². The topological polar surface area (TPSA) is 24.8 Å². The molecule has 2 aromatic carbocycles. The van der Waals surface area contributed by atoms with Gasteiger partial charge in [-0.15, -0.1) is 0 Å². The van der Waals surface area contributed by atoms with E-state index in [9.17, 15) is 17.6 Å². The number of alkyl halides is 3. The fourth-order valence-corrected chi connectivity index (χ4v) is 6.41. The van der Waals surface area contributed by atoms with Gasteiger partial charge >= 0.3 is 6.18 Å². The lowest BCUT2D eigenvalue weighted by atomic mass is 9.83. The van der Waals surface area contributed by atoms with E-state index < -0.39 is 33.2 Å². The summed E-state index contributed by atoms with van der Waals surface area (Å²) in [6.07, 6.45) is -2.79. The van der Waals surface area contributed by atoms with Crippen LogP contribution in [0.25, 0.3) is 0 Å². The highest BCUT2D eigenvalue weighted by atomic mass is 35.5. The van der Waals surface area contributed by atoms with Crippen molar-refractivity contribution < 1.29 is 22.3 Å². The summed E-state index contributed by atoms with van der Waals surface area (Å²) >= 11 is 12.1. The maximum absolute atomic E-state index is 14.4. The number of ether oxygens (including phenoxy) is 1. The van der Waals surface area contributed by atoms with Crippen LogP contribution in [0.4, 0.5) is 17.6 Å². The van der Waals surface area contributed by atoms with Crippen molar-refractivity contribution >= 4 is 40.9 Å². The summed E-state index contributed by atoms with van der Waals surface area (Å²) in [5.41, 5.74) is 2.50. The third-order valence-electron chi connectivity index (χ3n) is 6.86. The molecule has 1 saturated heterocycles. The molecule has 3 aliphatic rings. The molecule has 1 fully saturated rings. The van der Waals surface area contributed by atoms with Crippen LogP contribution in [0.15, 0.2) is 34.7 Å². The smallest absolute Gasteiger partial charge is 0.363 e. The van der Waals surface area contributed by atoms with E-state index in [2.05, 4.69) is 16.2 Å². The lowest BCUT2D eigenvalue weighted by Gasteiger charge is -2.47. The van der Waals surface area contributed by atoms with E-state index in [1.165, 1.54) is 0 Å². The lowest BCUT2D eigenvalue weighted by molar-refractivity contribution is -0.159. The Kier molecular flexibility index (Phi) is 6.21. The van der Waals surface area contributed by atoms with E-state index in [1.807, 2.05) is 18.2 Å². The number of hydrogen-bond donors (Lipinski definition) is 0. The molecule has 34 heavy (non-hydrogen) atoms. The first-order valence-corrected chi connectivity index (χ1v) is 12.6. The molecule has 0 bridgehead atoms. The molecule has 0 saturated carbocycles. The van der Waals surface area contributed by atoms with Gasteiger partial charge in [-0.25, -0.2) is 8.79 Å². The SMILES string of the molecule is CCCCN1CC2(C1)OCc1cc(C3=NS[C@@](c4cc(Cl)c(F)c(Cl)c4)(C(F)(F)F)C3)ccc12. The second-order valence-electron chi connectivity index (χ2n) is 9.10. The fourth-order valence-electron chi connectivity index (χ4n) is 4.96. The predicted molar refractivity (Wildman–Crippen MR) is 127 cm³/mol. The zero-order valence-electron chi connectivity index (χ0n) is 18.3. The van der Waals surface area contributed by atoms with Gasteiger partial charge in [-0.3, -0.25) is 4.90 Å². The van der Waals surface area contributed by atoms with Crippen LogP contribution >= 0.6 is 35.1 Å². The average molecular weight is 533 g/mol. The number of fused-ring (bicyclic) bond motifs is 2. The summed E-state index contributed by atoms with van der Waals surface area (Å²) in [4.78, 5) is 2.36. The molecule has 3 aliphatic heterocycles. The van der Waals surface area contributed by atoms with Crippen molar-refractivity contribution in [1.82, 2.24) is 4.90 Å². The second kappa shape index (κ2) is 8.66. The first kappa shape index (κ1) is 24.4. The maximum atomic E-state index is 14.4. The van der Waals surface area contributed by atoms with Crippen molar-refractivity contribution in [3.05, 3.63) is 68.4 Å². The Morgan fingerprint density at radius 2 is 1.85 bits per heavy atom. The molecule has 0 aliphatic carbocycles. The molecule has 10 heteroatoms. The maximum Gasteiger partial charge on any atom is 0.409 e. The number of likely N-dealkylation sites (tertiary alicyclic amines) is 1. The number of nitrogens with zero attached hydrogens (tertiary/aromatic N) is 2. The molecule has 0 radical (unpaired) electrons. The third-order valence-corrected chi connectivity index (χ3v) is 8.64. The average Bonchev–Trinajstić information content (AvgIpc) is 3.38. The van der Waals surface area contributed by atoms with Gasteiger partial charge in [-0.05, 0) is 65.4 Å². The van der Waals surface area contributed by atoms with Crippen LogP contribution in [0.5, 0.6) is 0 Å². The van der Waals surface area contributed by atoms with E-state index in [0.717, 1.165) is 55.7 Å². The minimum Gasteiger partial charge on any atom is -0.363 e. The van der Waals surface area contributed by atoms with E-state index >= 15 is 0 Å². The van der Waals surface area contributed by atoms with Gasteiger partial charge < -0.3 is 4.74 Å². The minimum absolute atomic E-state index is 0.217. The summed E-state index contributed by atoms with van der Waals surface area (Å²) in [5.74, 6) is -0.939. The van der Waals surface area contributed by atoms with Crippen molar-refractivity contribution in [1.29, 1.82) is 0 Å². The van der Waals surface area contributed by atoms with Crippen molar-refractivity contribution in [3.63, 3.8) is 0 Å². The van der Waals surface area contributed by atoms with Gasteiger partial charge in [0.15, 0.2) is 10.6 Å². The molecule has 0 unspecified atom stereocenters. The molecule has 1 spiro atoms. The van der Waals surface area contributed by atoms with E-state index in [-0.39, 0.29) is 11.2 Å². The summed E-state index contributed by atoms with van der Waals surface area (Å²) in [6, 6.07) is 7.64. The van der Waals surface area contributed by atoms with Crippen LogP contribution in [0, 0.1) is 5.82 Å². The molecular weight excluding hydrogens is 511 g/mol. The first-order valence-electron chi connectivity index (χ1n) is 11.1. The van der Waals surface area contributed by atoms with Gasteiger partial charge in [0.1, 0.15) is 5.60 Å². The van der Waals surface area contributed by atoms with Crippen LogP contribution in [-0.4, -0.2) is 36.4 Å². The molecule has 2 aromatic rings. The Morgan fingerprint density at radius 1 is 1.15 bits per heavy atom. The summed E-state index contributed by atoms with van der Waals surface area (Å²) in [7, 11) is 0. The van der Waals surface area contributed by atoms with Gasteiger partial charge in [0.2, 0.25) is 0 Å². The lowest BCUT2D eigenvalue weighted by Crippen LogP contribution is -2.59. The highest BCUT2D eigenvalue weighted by Crippen LogP contribution is 2.57. The normalized spacial score (nSPS) is 23.8.